The number of benzene rings is 1. The van der Waals surface area contributed by atoms with Gasteiger partial charge in [-0.15, -0.1) is 0 Å². The first-order valence-electron chi connectivity index (χ1n) is 8.43. The average molecular weight is 443 g/mol. The van der Waals surface area contributed by atoms with Gasteiger partial charge in [-0.05, 0) is 30.2 Å². The van der Waals surface area contributed by atoms with E-state index in [9.17, 15) is 26.4 Å². The van der Waals surface area contributed by atoms with Gasteiger partial charge < -0.3 is 9.88 Å². The summed E-state index contributed by atoms with van der Waals surface area (Å²) in [6.07, 6.45) is 1.56. The minimum Gasteiger partial charge on any atom is -0.354 e. The highest BCUT2D eigenvalue weighted by atomic mass is 32.2. The van der Waals surface area contributed by atoms with Crippen LogP contribution in [0.15, 0.2) is 57.2 Å². The molecule has 0 aliphatic carbocycles. The molecule has 0 bridgehead atoms. The van der Waals surface area contributed by atoms with Crippen LogP contribution >= 0.6 is 0 Å². The lowest BCUT2D eigenvalue weighted by Crippen LogP contribution is -2.33. The first-order valence-corrected chi connectivity index (χ1v) is 11.4. The molecule has 2 rings (SSSR count). The second-order valence-electron chi connectivity index (χ2n) is 6.41. The highest BCUT2D eigenvalue weighted by molar-refractivity contribution is 7.89. The molecular formula is C17H22N4O6S2. The van der Waals surface area contributed by atoms with E-state index < -0.39 is 31.5 Å². The number of pyridine rings is 1. The van der Waals surface area contributed by atoms with Crippen LogP contribution in [0.4, 0.5) is 0 Å². The highest BCUT2D eigenvalue weighted by Gasteiger charge is 2.18. The fraction of sp³-hybridized carbons (Fsp3) is 0.294. The Hall–Kier alpha value is -2.54. The van der Waals surface area contributed by atoms with E-state index >= 15 is 0 Å². The Labute approximate surface area is 169 Å². The molecule has 3 N–H and O–H groups in total. The lowest BCUT2D eigenvalue weighted by molar-refractivity contribution is -0.121. The van der Waals surface area contributed by atoms with Crippen molar-refractivity contribution in [1.29, 1.82) is 0 Å². The third-order valence-electron chi connectivity index (χ3n) is 4.04. The summed E-state index contributed by atoms with van der Waals surface area (Å²) in [5, 5.41) is 7.66. The fourth-order valence-corrected chi connectivity index (χ4v) is 3.84. The largest absolute Gasteiger partial charge is 0.354 e. The molecule has 1 aromatic heterocycles. The van der Waals surface area contributed by atoms with Crippen LogP contribution in [0.3, 0.4) is 0 Å². The van der Waals surface area contributed by atoms with Gasteiger partial charge in [0.25, 0.3) is 5.56 Å². The van der Waals surface area contributed by atoms with E-state index in [2.05, 4.69) is 5.32 Å². The number of nitrogens with one attached hydrogen (secondary N) is 1. The van der Waals surface area contributed by atoms with Crippen LogP contribution < -0.4 is 16.0 Å². The van der Waals surface area contributed by atoms with Crippen LogP contribution in [-0.2, 0) is 37.8 Å². The fourth-order valence-electron chi connectivity index (χ4n) is 2.40. The molecule has 29 heavy (non-hydrogen) atoms. The van der Waals surface area contributed by atoms with E-state index in [0.29, 0.717) is 6.42 Å². The normalized spacial score (nSPS) is 12.1. The van der Waals surface area contributed by atoms with Crippen molar-refractivity contribution >= 4 is 26.0 Å². The van der Waals surface area contributed by atoms with Crippen LogP contribution in [0.1, 0.15) is 5.56 Å². The number of nitrogens with two attached hydrogens (primary N) is 1. The molecule has 2 aromatic rings. The van der Waals surface area contributed by atoms with Gasteiger partial charge in [0.2, 0.25) is 26.0 Å². The molecule has 1 aromatic carbocycles. The maximum Gasteiger partial charge on any atom is 0.251 e. The Balaban J connectivity index is 1.98. The number of carbonyl (C=O) groups is 1. The molecule has 0 aliphatic heterocycles. The van der Waals surface area contributed by atoms with Gasteiger partial charge in [-0.1, -0.05) is 12.1 Å². The monoisotopic (exact) mass is 442 g/mol. The molecule has 0 atom stereocenters. The summed E-state index contributed by atoms with van der Waals surface area (Å²) in [4.78, 5) is 23.9. The highest BCUT2D eigenvalue weighted by Crippen LogP contribution is 2.11. The van der Waals surface area contributed by atoms with Crippen LogP contribution in [0.5, 0.6) is 0 Å². The number of carbonyl (C=O) groups excluding carboxylic acids is 1. The van der Waals surface area contributed by atoms with Crippen molar-refractivity contribution < 1.29 is 21.6 Å². The van der Waals surface area contributed by atoms with Gasteiger partial charge in [-0.25, -0.2) is 26.3 Å². The third-order valence-corrected chi connectivity index (χ3v) is 6.76. The van der Waals surface area contributed by atoms with Crippen molar-refractivity contribution in [3.8, 4) is 0 Å². The van der Waals surface area contributed by atoms with E-state index in [1.165, 1.54) is 32.3 Å². The summed E-state index contributed by atoms with van der Waals surface area (Å²) in [6.45, 7) is -0.0853. The van der Waals surface area contributed by atoms with Crippen LogP contribution in [0.2, 0.25) is 0 Å². The minimum absolute atomic E-state index is 0.00257. The van der Waals surface area contributed by atoms with Crippen molar-refractivity contribution in [3.05, 3.63) is 58.5 Å². The molecule has 12 heteroatoms. The Bertz CT molecular complexity index is 1150. The quantitative estimate of drug-likeness (QED) is 0.541. The lowest BCUT2D eigenvalue weighted by atomic mass is 10.1. The van der Waals surface area contributed by atoms with Gasteiger partial charge in [-0.3, -0.25) is 9.59 Å². The maximum atomic E-state index is 12.2. The smallest absolute Gasteiger partial charge is 0.251 e. The van der Waals surface area contributed by atoms with Crippen molar-refractivity contribution in [1.82, 2.24) is 14.2 Å². The number of hydrogen-bond acceptors (Lipinski definition) is 6. The second kappa shape index (κ2) is 8.86. The molecule has 0 saturated heterocycles. The molecule has 0 fully saturated rings. The number of sulfonamides is 2. The molecule has 10 nitrogen and oxygen atoms in total. The van der Waals surface area contributed by atoms with Gasteiger partial charge in [0.1, 0.15) is 6.54 Å². The van der Waals surface area contributed by atoms with Crippen LogP contribution in [0.25, 0.3) is 0 Å². The molecule has 1 amide bonds. The van der Waals surface area contributed by atoms with Crippen molar-refractivity contribution in [3.63, 3.8) is 0 Å². The lowest BCUT2D eigenvalue weighted by Gasteiger charge is -2.13. The van der Waals surface area contributed by atoms with E-state index in [-0.39, 0.29) is 22.9 Å². The van der Waals surface area contributed by atoms with E-state index in [0.717, 1.165) is 26.7 Å². The topological polar surface area (TPSA) is 149 Å². The number of aromatic nitrogens is 1. The number of amides is 1. The van der Waals surface area contributed by atoms with Crippen LogP contribution in [0, 0.1) is 0 Å². The van der Waals surface area contributed by atoms with E-state index in [1.54, 1.807) is 12.1 Å². The average Bonchev–Trinajstić information content (AvgIpc) is 2.63. The van der Waals surface area contributed by atoms with Gasteiger partial charge >= 0.3 is 0 Å². The molecule has 0 aliphatic rings. The maximum absolute atomic E-state index is 12.2. The van der Waals surface area contributed by atoms with Crippen LogP contribution in [-0.4, -0.2) is 52.3 Å². The predicted octanol–water partition coefficient (Wildman–Crippen LogP) is -0.895. The van der Waals surface area contributed by atoms with Gasteiger partial charge in [0.05, 0.1) is 9.79 Å². The summed E-state index contributed by atoms with van der Waals surface area (Å²) < 4.78 is 48.8. The summed E-state index contributed by atoms with van der Waals surface area (Å²) in [5.41, 5.74) is 0.283. The Morgan fingerprint density at radius 1 is 1.03 bits per heavy atom. The van der Waals surface area contributed by atoms with Crippen molar-refractivity contribution in [2.75, 3.05) is 20.6 Å². The first kappa shape index (κ1) is 22.7. The summed E-state index contributed by atoms with van der Waals surface area (Å²) in [6, 6.07) is 8.22. The molecule has 0 saturated carbocycles. The summed E-state index contributed by atoms with van der Waals surface area (Å²) >= 11 is 0. The SMILES string of the molecule is CN(C)S(=O)(=O)c1ccc(=O)n(CC(=O)NCCc2ccc(S(N)(=O)=O)cc2)c1. The molecular weight excluding hydrogens is 420 g/mol. The third kappa shape index (κ3) is 5.97. The molecule has 158 valence electrons. The van der Waals surface area contributed by atoms with Crippen molar-refractivity contribution in [2.24, 2.45) is 5.14 Å². The van der Waals surface area contributed by atoms with E-state index in [4.69, 9.17) is 5.14 Å². The zero-order chi connectivity index (χ0) is 21.8. The number of nitrogens with zero attached hydrogens (tertiary/aromatic N) is 2. The molecule has 1 heterocycles. The Kier molecular flexibility index (Phi) is 6.95. The van der Waals surface area contributed by atoms with E-state index in [1.807, 2.05) is 0 Å². The summed E-state index contributed by atoms with van der Waals surface area (Å²) in [7, 11) is -4.75. The first-order chi connectivity index (χ1) is 13.4. The number of primary sulfonamides is 1. The Morgan fingerprint density at radius 2 is 1.62 bits per heavy atom. The zero-order valence-corrected chi connectivity index (χ0v) is 17.5. The van der Waals surface area contributed by atoms with Crippen molar-refractivity contribution in [2.45, 2.75) is 22.8 Å². The van der Waals surface area contributed by atoms with Gasteiger partial charge in [0, 0.05) is 32.9 Å². The molecule has 0 unspecified atom stereocenters. The zero-order valence-electron chi connectivity index (χ0n) is 15.9. The number of hydrogen-bond donors (Lipinski definition) is 2. The summed E-state index contributed by atoms with van der Waals surface area (Å²) in [5.74, 6) is -0.465. The number of rotatable bonds is 8. The second-order valence-corrected chi connectivity index (χ2v) is 10.1. The van der Waals surface area contributed by atoms with Gasteiger partial charge in [0.15, 0.2) is 0 Å². The molecule has 0 spiro atoms. The standard InChI is InChI=1S/C17H22N4O6S2/c1-20(2)29(26,27)15-7-8-17(23)21(11-15)12-16(22)19-10-9-13-3-5-14(6-4-13)28(18,24)25/h3-8,11H,9-10,12H2,1-2H3,(H,19,22)(H2,18,24,25). The minimum atomic E-state index is -3.76. The predicted molar refractivity (Wildman–Crippen MR) is 106 cm³/mol. The van der Waals surface area contributed by atoms with Gasteiger partial charge in [-0.2, -0.15) is 0 Å². The molecule has 0 radical (unpaired) electrons. The Morgan fingerprint density at radius 3 is 2.17 bits per heavy atom.